The molecule has 1 heterocycles. The van der Waals surface area contributed by atoms with Crippen LogP contribution in [0.1, 0.15) is 52.8 Å². The summed E-state index contributed by atoms with van der Waals surface area (Å²) in [5.41, 5.74) is 2.63. The molecule has 19 heavy (non-hydrogen) atoms. The molecule has 3 N–H and O–H groups in total. The van der Waals surface area contributed by atoms with Crippen molar-refractivity contribution in [1.29, 1.82) is 0 Å². The Bertz CT molecular complexity index is 358. The molecule has 5 nitrogen and oxygen atoms in total. The van der Waals surface area contributed by atoms with Gasteiger partial charge in [-0.05, 0) is 19.8 Å². The molecule has 1 aromatic rings. The highest BCUT2D eigenvalue weighted by Crippen LogP contribution is 2.20. The van der Waals surface area contributed by atoms with Crippen molar-refractivity contribution in [2.24, 2.45) is 5.84 Å². The van der Waals surface area contributed by atoms with E-state index in [0.29, 0.717) is 11.9 Å². The lowest BCUT2D eigenvalue weighted by Crippen LogP contribution is -2.34. The fourth-order valence-corrected chi connectivity index (χ4v) is 1.97. The summed E-state index contributed by atoms with van der Waals surface area (Å²) in [6.45, 7) is 9.72. The zero-order chi connectivity index (χ0) is 14.3. The summed E-state index contributed by atoms with van der Waals surface area (Å²) in [6.07, 6.45) is 4.26. The fraction of sp³-hybridized carbons (Fsp3) is 0.714. The maximum atomic E-state index is 5.49. The molecule has 0 radical (unpaired) electrons. The normalized spacial score (nSPS) is 12.3. The highest BCUT2D eigenvalue weighted by Gasteiger charge is 2.15. The lowest BCUT2D eigenvalue weighted by Gasteiger charge is -2.30. The Morgan fingerprint density at radius 3 is 2.58 bits per heavy atom. The van der Waals surface area contributed by atoms with Crippen LogP contribution >= 0.6 is 0 Å². The lowest BCUT2D eigenvalue weighted by atomic mass is 10.2. The van der Waals surface area contributed by atoms with Gasteiger partial charge in [-0.25, -0.2) is 15.8 Å². The third-order valence-corrected chi connectivity index (χ3v) is 3.39. The molecule has 1 unspecified atom stereocenters. The summed E-state index contributed by atoms with van der Waals surface area (Å²) in [5, 5.41) is 0. The number of nitrogen functional groups attached to an aromatic ring is 1. The van der Waals surface area contributed by atoms with Gasteiger partial charge in [-0.15, -0.1) is 0 Å². The number of hydrogen-bond acceptors (Lipinski definition) is 5. The molecule has 0 aliphatic carbocycles. The van der Waals surface area contributed by atoms with Gasteiger partial charge in [0, 0.05) is 25.1 Å². The smallest absolute Gasteiger partial charge is 0.145 e. The second-order valence-corrected chi connectivity index (χ2v) is 4.83. The molecule has 1 aromatic heterocycles. The predicted octanol–water partition coefficient (Wildman–Crippen LogP) is 2.73. The number of aryl methyl sites for hydroxylation is 1. The zero-order valence-corrected chi connectivity index (χ0v) is 12.6. The molecule has 0 amide bonds. The number of nitrogens with zero attached hydrogens (tertiary/aromatic N) is 3. The monoisotopic (exact) mass is 265 g/mol. The molecule has 0 aliphatic heterocycles. The van der Waals surface area contributed by atoms with Crippen molar-refractivity contribution in [2.45, 2.75) is 59.4 Å². The van der Waals surface area contributed by atoms with Gasteiger partial charge in [-0.1, -0.05) is 27.2 Å². The summed E-state index contributed by atoms with van der Waals surface area (Å²) in [5.74, 6) is 7.98. The van der Waals surface area contributed by atoms with Gasteiger partial charge >= 0.3 is 0 Å². The van der Waals surface area contributed by atoms with E-state index in [-0.39, 0.29) is 0 Å². The number of rotatable bonds is 8. The van der Waals surface area contributed by atoms with Crippen molar-refractivity contribution in [2.75, 3.05) is 16.9 Å². The van der Waals surface area contributed by atoms with Crippen LogP contribution < -0.4 is 16.2 Å². The molecule has 0 saturated carbocycles. The third kappa shape index (κ3) is 4.35. The van der Waals surface area contributed by atoms with Crippen molar-refractivity contribution >= 4 is 11.6 Å². The highest BCUT2D eigenvalue weighted by molar-refractivity contribution is 5.49. The molecule has 0 aromatic carbocycles. The van der Waals surface area contributed by atoms with E-state index < -0.39 is 0 Å². The third-order valence-electron chi connectivity index (χ3n) is 3.39. The van der Waals surface area contributed by atoms with Gasteiger partial charge in [0.05, 0.1) is 0 Å². The average Bonchev–Trinajstić information content (AvgIpc) is 2.46. The Morgan fingerprint density at radius 2 is 2.05 bits per heavy atom. The molecule has 0 fully saturated rings. The van der Waals surface area contributed by atoms with Crippen molar-refractivity contribution in [3.63, 3.8) is 0 Å². The number of anilines is 2. The topological polar surface area (TPSA) is 67.1 Å². The predicted molar refractivity (Wildman–Crippen MR) is 81.2 cm³/mol. The fourth-order valence-electron chi connectivity index (χ4n) is 1.97. The van der Waals surface area contributed by atoms with E-state index in [1.807, 2.05) is 6.07 Å². The first-order valence-corrected chi connectivity index (χ1v) is 7.27. The summed E-state index contributed by atoms with van der Waals surface area (Å²) in [7, 11) is 0. The first kappa shape index (κ1) is 15.7. The Hall–Kier alpha value is -1.36. The Labute approximate surface area is 116 Å². The minimum absolute atomic E-state index is 0.469. The molecule has 0 spiro atoms. The van der Waals surface area contributed by atoms with Crippen molar-refractivity contribution < 1.29 is 0 Å². The summed E-state index contributed by atoms with van der Waals surface area (Å²) in [6, 6.07) is 2.40. The molecule has 1 atom stereocenters. The van der Waals surface area contributed by atoms with Crippen molar-refractivity contribution in [3.8, 4) is 0 Å². The van der Waals surface area contributed by atoms with E-state index in [0.717, 1.165) is 31.0 Å². The highest BCUT2D eigenvalue weighted by atomic mass is 15.3. The minimum atomic E-state index is 0.469. The van der Waals surface area contributed by atoms with E-state index in [1.54, 1.807) is 0 Å². The summed E-state index contributed by atoms with van der Waals surface area (Å²) < 4.78 is 0. The maximum absolute atomic E-state index is 5.49. The number of nitrogens with one attached hydrogen (secondary N) is 1. The van der Waals surface area contributed by atoms with Crippen LogP contribution in [0.2, 0.25) is 0 Å². The van der Waals surface area contributed by atoms with Crippen LogP contribution in [0.15, 0.2) is 6.07 Å². The van der Waals surface area contributed by atoms with Crippen LogP contribution in [0.5, 0.6) is 0 Å². The van der Waals surface area contributed by atoms with Crippen LogP contribution in [-0.2, 0) is 6.42 Å². The zero-order valence-electron chi connectivity index (χ0n) is 12.6. The van der Waals surface area contributed by atoms with Gasteiger partial charge in [-0.3, -0.25) is 0 Å². The number of hydrazine groups is 1. The van der Waals surface area contributed by atoms with E-state index in [1.165, 1.54) is 12.8 Å². The molecule has 108 valence electrons. The average molecular weight is 265 g/mol. The van der Waals surface area contributed by atoms with Gasteiger partial charge in [0.2, 0.25) is 0 Å². The summed E-state index contributed by atoms with van der Waals surface area (Å²) in [4.78, 5) is 11.3. The molecule has 0 bridgehead atoms. The standard InChI is InChI=1S/C14H27N5/c1-5-8-9-19(11(4)6-2)14-10-13(18-15)16-12(7-3)17-14/h10-11H,5-9,15H2,1-4H3,(H,16,17,18). The molecule has 0 aliphatic rings. The van der Waals surface area contributed by atoms with Crippen LogP contribution in [-0.4, -0.2) is 22.6 Å². The van der Waals surface area contributed by atoms with E-state index >= 15 is 0 Å². The van der Waals surface area contributed by atoms with Crippen LogP contribution in [0.4, 0.5) is 11.6 Å². The molecular weight excluding hydrogens is 238 g/mol. The van der Waals surface area contributed by atoms with Crippen LogP contribution in [0.3, 0.4) is 0 Å². The Balaban J connectivity index is 3.05. The Kier molecular flexibility index (Phi) is 6.56. The van der Waals surface area contributed by atoms with Gasteiger partial charge < -0.3 is 10.3 Å². The largest absolute Gasteiger partial charge is 0.354 e. The quantitative estimate of drug-likeness (QED) is 0.559. The lowest BCUT2D eigenvalue weighted by molar-refractivity contribution is 0.588. The number of nitrogens with two attached hydrogens (primary N) is 1. The van der Waals surface area contributed by atoms with E-state index in [2.05, 4.69) is 48.0 Å². The van der Waals surface area contributed by atoms with Gasteiger partial charge in [0.15, 0.2) is 0 Å². The van der Waals surface area contributed by atoms with Crippen LogP contribution in [0.25, 0.3) is 0 Å². The molecule has 5 heteroatoms. The minimum Gasteiger partial charge on any atom is -0.354 e. The first-order chi connectivity index (χ1) is 9.15. The summed E-state index contributed by atoms with van der Waals surface area (Å²) >= 11 is 0. The van der Waals surface area contributed by atoms with Crippen molar-refractivity contribution in [3.05, 3.63) is 11.9 Å². The Morgan fingerprint density at radius 1 is 1.32 bits per heavy atom. The van der Waals surface area contributed by atoms with Crippen molar-refractivity contribution in [1.82, 2.24) is 9.97 Å². The van der Waals surface area contributed by atoms with Gasteiger partial charge in [0.25, 0.3) is 0 Å². The number of unbranched alkanes of at least 4 members (excludes halogenated alkanes) is 1. The van der Waals surface area contributed by atoms with Gasteiger partial charge in [-0.2, -0.15) is 0 Å². The van der Waals surface area contributed by atoms with E-state index in [9.17, 15) is 0 Å². The first-order valence-electron chi connectivity index (χ1n) is 7.27. The maximum Gasteiger partial charge on any atom is 0.145 e. The van der Waals surface area contributed by atoms with Gasteiger partial charge in [0.1, 0.15) is 17.5 Å². The second kappa shape index (κ2) is 7.94. The molecule has 0 saturated heterocycles. The number of hydrogen-bond donors (Lipinski definition) is 2. The number of aromatic nitrogens is 2. The van der Waals surface area contributed by atoms with E-state index in [4.69, 9.17) is 5.84 Å². The second-order valence-electron chi connectivity index (χ2n) is 4.83. The SMILES string of the molecule is CCCCN(c1cc(NN)nc(CC)n1)C(C)CC. The molecule has 1 rings (SSSR count). The molecular formula is C14H27N5. The van der Waals surface area contributed by atoms with Crippen LogP contribution in [0, 0.1) is 0 Å².